The summed E-state index contributed by atoms with van der Waals surface area (Å²) in [6, 6.07) is 0. The van der Waals surface area contributed by atoms with Gasteiger partial charge in [0.15, 0.2) is 0 Å². The Labute approximate surface area is 108 Å². The second kappa shape index (κ2) is 9.12. The maximum atomic E-state index is 9.44. The molecule has 0 bridgehead atoms. The predicted molar refractivity (Wildman–Crippen MR) is 64.3 cm³/mol. The molecule has 8 heteroatoms. The zero-order valence-electron chi connectivity index (χ0n) is 10.9. The fraction of sp³-hybridized carbons (Fsp3) is 1.00. The van der Waals surface area contributed by atoms with Gasteiger partial charge in [0.1, 0.15) is 18.3 Å². The summed E-state index contributed by atoms with van der Waals surface area (Å²) < 4.78 is 31.2. The summed E-state index contributed by atoms with van der Waals surface area (Å²) in [7, 11) is 2.65. The average molecular weight is 284 g/mol. The van der Waals surface area contributed by atoms with Gasteiger partial charge in [-0.05, 0) is 0 Å². The van der Waals surface area contributed by atoms with E-state index in [1.54, 1.807) is 14.2 Å². The Hall–Kier alpha value is 0.150. The molecule has 0 aromatic carbocycles. The first kappa shape index (κ1) is 16.2. The van der Waals surface area contributed by atoms with Crippen LogP contribution in [-0.4, -0.2) is 71.0 Å². The molecule has 0 aromatic rings. The van der Waals surface area contributed by atoms with Gasteiger partial charge in [-0.25, -0.2) is 0 Å². The molecule has 0 spiro atoms. The van der Waals surface area contributed by atoms with E-state index in [1.807, 2.05) is 0 Å². The summed E-state index contributed by atoms with van der Waals surface area (Å²) >= 11 is 0. The highest BCUT2D eigenvalue weighted by Crippen LogP contribution is 2.37. The van der Waals surface area contributed by atoms with E-state index >= 15 is 0 Å². The van der Waals surface area contributed by atoms with E-state index in [1.165, 1.54) is 7.11 Å². The molecule has 1 aliphatic rings. The Bertz CT molecular complexity index is 218. The monoisotopic (exact) mass is 284 g/mol. The van der Waals surface area contributed by atoms with E-state index in [2.05, 4.69) is 0 Å². The van der Waals surface area contributed by atoms with Crippen LogP contribution < -0.4 is 0 Å². The van der Waals surface area contributed by atoms with Gasteiger partial charge in [0.05, 0.1) is 26.4 Å². The van der Waals surface area contributed by atoms with Crippen LogP contribution in [0.3, 0.4) is 0 Å². The molecule has 4 atom stereocenters. The minimum absolute atomic E-state index is 0.257. The van der Waals surface area contributed by atoms with Crippen molar-refractivity contribution in [2.45, 2.75) is 18.3 Å². The van der Waals surface area contributed by atoms with Crippen molar-refractivity contribution in [1.82, 2.24) is 0 Å². The minimum atomic E-state index is -1.92. The van der Waals surface area contributed by atoms with Gasteiger partial charge in [0, 0.05) is 21.3 Å². The Morgan fingerprint density at radius 1 is 1.22 bits per heavy atom. The number of hydrogen-bond donors (Lipinski definition) is 1. The van der Waals surface area contributed by atoms with Crippen LogP contribution in [0.4, 0.5) is 0 Å². The predicted octanol–water partition coefficient (Wildman–Crippen LogP) is 0.314. The van der Waals surface area contributed by atoms with Crippen LogP contribution in [0.5, 0.6) is 0 Å². The van der Waals surface area contributed by atoms with Crippen molar-refractivity contribution in [3.05, 3.63) is 0 Å². The lowest BCUT2D eigenvalue weighted by molar-refractivity contribution is -0.0366. The summed E-state index contributed by atoms with van der Waals surface area (Å²) in [5.41, 5.74) is 0. The molecule has 0 aliphatic carbocycles. The van der Waals surface area contributed by atoms with Crippen molar-refractivity contribution in [1.29, 1.82) is 0 Å². The molecule has 18 heavy (non-hydrogen) atoms. The topological polar surface area (TPSA) is 75.6 Å². The Kier molecular flexibility index (Phi) is 8.21. The molecule has 0 radical (unpaired) electrons. The van der Waals surface area contributed by atoms with Gasteiger partial charge < -0.3 is 32.9 Å². The number of ether oxygens (including phenoxy) is 4. The molecule has 1 rings (SSSR count). The third-order valence-electron chi connectivity index (χ3n) is 2.53. The molecule has 108 valence electrons. The molecule has 1 N–H and O–H groups in total. The van der Waals surface area contributed by atoms with Crippen molar-refractivity contribution in [3.63, 3.8) is 0 Å². The third-order valence-corrected chi connectivity index (χ3v) is 3.26. The summed E-state index contributed by atoms with van der Waals surface area (Å²) in [6.45, 7) is 1.72. The van der Waals surface area contributed by atoms with Crippen molar-refractivity contribution in [2.24, 2.45) is 0 Å². The Balaban J connectivity index is 2.47. The van der Waals surface area contributed by atoms with Crippen LogP contribution in [0, 0.1) is 0 Å². The average Bonchev–Trinajstić information content (AvgIpc) is 2.73. The summed E-state index contributed by atoms with van der Waals surface area (Å²) in [5.74, 6) is 0. The lowest BCUT2D eigenvalue weighted by atomic mass is 10.1. The molecule has 1 fully saturated rings. The summed E-state index contributed by atoms with van der Waals surface area (Å²) in [4.78, 5) is 9.44. The van der Waals surface area contributed by atoms with E-state index in [0.717, 1.165) is 0 Å². The fourth-order valence-corrected chi connectivity index (χ4v) is 2.23. The maximum Gasteiger partial charge on any atom is 0.330 e. The first-order chi connectivity index (χ1) is 8.72. The van der Waals surface area contributed by atoms with Gasteiger partial charge in [-0.15, -0.1) is 0 Å². The second-order valence-electron chi connectivity index (χ2n) is 3.72. The van der Waals surface area contributed by atoms with Crippen LogP contribution in [0.25, 0.3) is 0 Å². The van der Waals surface area contributed by atoms with E-state index in [4.69, 9.17) is 28.0 Å². The number of methoxy groups -OCH3 is 2. The van der Waals surface area contributed by atoms with E-state index in [-0.39, 0.29) is 12.2 Å². The SMILES string of the molecule is COCCOC1COC(COC)C1OP(O)OC. The van der Waals surface area contributed by atoms with E-state index in [0.29, 0.717) is 26.4 Å². The summed E-state index contributed by atoms with van der Waals surface area (Å²) in [6.07, 6.45) is -0.930. The first-order valence-corrected chi connectivity index (χ1v) is 6.77. The van der Waals surface area contributed by atoms with Crippen LogP contribution >= 0.6 is 8.60 Å². The van der Waals surface area contributed by atoms with E-state index in [9.17, 15) is 4.89 Å². The molecule has 7 nitrogen and oxygen atoms in total. The molecular formula is C10H21O7P. The number of hydrogen-bond acceptors (Lipinski definition) is 7. The van der Waals surface area contributed by atoms with Crippen molar-refractivity contribution in [2.75, 3.05) is 47.8 Å². The van der Waals surface area contributed by atoms with E-state index < -0.39 is 14.7 Å². The van der Waals surface area contributed by atoms with Gasteiger partial charge in [0.2, 0.25) is 0 Å². The highest BCUT2D eigenvalue weighted by atomic mass is 31.2. The normalized spacial score (nSPS) is 29.7. The molecule has 4 unspecified atom stereocenters. The largest absolute Gasteiger partial charge is 0.382 e. The standard InChI is InChI=1S/C10H21O7P/c1-12-4-5-15-9-7-16-8(6-13-2)10(9)17-18(11)14-3/h8-11H,4-7H2,1-3H3. The third kappa shape index (κ3) is 5.03. The summed E-state index contributed by atoms with van der Waals surface area (Å²) in [5, 5.41) is 0. The maximum absolute atomic E-state index is 9.44. The first-order valence-electron chi connectivity index (χ1n) is 5.63. The van der Waals surface area contributed by atoms with Crippen LogP contribution in [0.2, 0.25) is 0 Å². The molecule has 0 aromatic heterocycles. The van der Waals surface area contributed by atoms with Crippen LogP contribution in [0.15, 0.2) is 0 Å². The quantitative estimate of drug-likeness (QED) is 0.482. The Morgan fingerprint density at radius 3 is 2.61 bits per heavy atom. The lowest BCUT2D eigenvalue weighted by Crippen LogP contribution is -2.36. The zero-order valence-corrected chi connectivity index (χ0v) is 11.8. The molecule has 1 heterocycles. The van der Waals surface area contributed by atoms with Gasteiger partial charge in [-0.1, -0.05) is 0 Å². The fourth-order valence-electron chi connectivity index (χ4n) is 1.66. The van der Waals surface area contributed by atoms with Gasteiger partial charge in [-0.3, -0.25) is 0 Å². The highest BCUT2D eigenvalue weighted by Gasteiger charge is 2.40. The smallest absolute Gasteiger partial charge is 0.330 e. The number of rotatable bonds is 9. The molecule has 0 amide bonds. The van der Waals surface area contributed by atoms with Crippen molar-refractivity contribution in [3.8, 4) is 0 Å². The van der Waals surface area contributed by atoms with Gasteiger partial charge in [-0.2, -0.15) is 0 Å². The second-order valence-corrected chi connectivity index (χ2v) is 4.77. The zero-order chi connectivity index (χ0) is 13.4. The van der Waals surface area contributed by atoms with Gasteiger partial charge in [0.25, 0.3) is 0 Å². The van der Waals surface area contributed by atoms with Crippen LogP contribution in [-0.2, 0) is 28.0 Å². The molecular weight excluding hydrogens is 263 g/mol. The van der Waals surface area contributed by atoms with Gasteiger partial charge >= 0.3 is 8.60 Å². The Morgan fingerprint density at radius 2 is 2.00 bits per heavy atom. The lowest BCUT2D eigenvalue weighted by Gasteiger charge is -2.23. The molecule has 1 aliphatic heterocycles. The molecule has 0 saturated carbocycles. The van der Waals surface area contributed by atoms with Crippen molar-refractivity contribution < 1.29 is 32.9 Å². The minimum Gasteiger partial charge on any atom is -0.382 e. The van der Waals surface area contributed by atoms with Crippen molar-refractivity contribution >= 4 is 8.60 Å². The van der Waals surface area contributed by atoms with Crippen LogP contribution in [0.1, 0.15) is 0 Å². The highest BCUT2D eigenvalue weighted by molar-refractivity contribution is 7.40. The molecule has 1 saturated heterocycles.